The number of hydrogen-bond donors (Lipinski definition) is 1. The Bertz CT molecular complexity index is 453. The van der Waals surface area contributed by atoms with Crippen LogP contribution in [-0.4, -0.2) is 37.6 Å². The van der Waals surface area contributed by atoms with Crippen LogP contribution >= 0.6 is 24.0 Å². The summed E-state index contributed by atoms with van der Waals surface area (Å²) in [5, 5.41) is 3.41. The van der Waals surface area contributed by atoms with Crippen molar-refractivity contribution >= 4 is 29.9 Å². The normalized spacial score (nSPS) is 16.1. The molecule has 0 amide bonds. The number of guanidine groups is 1. The van der Waals surface area contributed by atoms with Crippen LogP contribution in [0.15, 0.2) is 29.3 Å². The molecule has 4 nitrogen and oxygen atoms in total. The molecule has 0 aromatic heterocycles. The number of hydrogen-bond acceptors (Lipinski definition) is 2. The Labute approximate surface area is 151 Å². The Balaban J connectivity index is 0.00000242. The van der Waals surface area contributed by atoms with Gasteiger partial charge in [0.05, 0.1) is 13.7 Å². The average Bonchev–Trinajstić information content (AvgIpc) is 2.53. The third-order valence-corrected chi connectivity index (χ3v) is 3.99. The molecule has 0 radical (unpaired) electrons. The van der Waals surface area contributed by atoms with E-state index < -0.39 is 0 Å². The van der Waals surface area contributed by atoms with Gasteiger partial charge in [0.1, 0.15) is 5.75 Å². The molecule has 1 N–H and O–H groups in total. The highest BCUT2D eigenvalue weighted by Gasteiger charge is 2.18. The summed E-state index contributed by atoms with van der Waals surface area (Å²) in [5.41, 5.74) is 1.21. The monoisotopic (exact) mass is 417 g/mol. The first-order chi connectivity index (χ1) is 10.2. The number of methoxy groups -OCH3 is 1. The summed E-state index contributed by atoms with van der Waals surface area (Å²) in [6.45, 7) is 8.28. The molecule has 1 heterocycles. The maximum atomic E-state index is 5.18. The maximum absolute atomic E-state index is 5.18. The predicted octanol–water partition coefficient (Wildman–Crippen LogP) is 3.51. The highest BCUT2D eigenvalue weighted by molar-refractivity contribution is 14.0. The molecule has 0 unspecified atom stereocenters. The molecule has 1 saturated heterocycles. The van der Waals surface area contributed by atoms with E-state index in [9.17, 15) is 0 Å². The number of benzene rings is 1. The molecular formula is C17H28IN3O. The first-order valence-corrected chi connectivity index (χ1v) is 7.89. The number of rotatable bonds is 4. The summed E-state index contributed by atoms with van der Waals surface area (Å²) in [4.78, 5) is 7.16. The molecule has 1 aliphatic rings. The second kappa shape index (κ2) is 9.92. The van der Waals surface area contributed by atoms with Crippen molar-refractivity contribution in [2.45, 2.75) is 33.2 Å². The molecule has 1 fully saturated rings. The molecule has 1 aliphatic heterocycles. The van der Waals surface area contributed by atoms with Crippen LogP contribution in [0.5, 0.6) is 5.75 Å². The first-order valence-electron chi connectivity index (χ1n) is 7.89. The molecule has 0 atom stereocenters. The Hall–Kier alpha value is -0.980. The molecule has 0 saturated carbocycles. The topological polar surface area (TPSA) is 36.9 Å². The minimum atomic E-state index is 0. The molecule has 2 rings (SSSR count). The quantitative estimate of drug-likeness (QED) is 0.463. The fourth-order valence-corrected chi connectivity index (χ4v) is 2.54. The molecule has 0 spiro atoms. The zero-order chi connectivity index (χ0) is 15.1. The van der Waals surface area contributed by atoms with Gasteiger partial charge in [0.2, 0.25) is 0 Å². The third-order valence-electron chi connectivity index (χ3n) is 3.99. The average molecular weight is 417 g/mol. The maximum Gasteiger partial charge on any atom is 0.194 e. The van der Waals surface area contributed by atoms with Crippen molar-refractivity contribution in [2.75, 3.05) is 26.7 Å². The SMILES string of the molecule is CCNC(=NCc1ccc(OC)cc1)N1CCC(C)CC1.I. The summed E-state index contributed by atoms with van der Waals surface area (Å²) in [5.74, 6) is 2.77. The summed E-state index contributed by atoms with van der Waals surface area (Å²) in [6, 6.07) is 8.12. The van der Waals surface area contributed by atoms with Gasteiger partial charge in [-0.15, -0.1) is 24.0 Å². The van der Waals surface area contributed by atoms with E-state index in [0.717, 1.165) is 37.3 Å². The van der Waals surface area contributed by atoms with E-state index in [0.29, 0.717) is 6.54 Å². The second-order valence-electron chi connectivity index (χ2n) is 5.69. The number of nitrogens with zero attached hydrogens (tertiary/aromatic N) is 2. The standard InChI is InChI=1S/C17H27N3O.HI/c1-4-18-17(20-11-9-14(2)10-12-20)19-13-15-5-7-16(21-3)8-6-15;/h5-8,14H,4,9-13H2,1-3H3,(H,18,19);1H. The van der Waals surface area contributed by atoms with Gasteiger partial charge < -0.3 is 15.0 Å². The fraction of sp³-hybridized carbons (Fsp3) is 0.588. The van der Waals surface area contributed by atoms with E-state index in [1.54, 1.807) is 7.11 Å². The molecule has 22 heavy (non-hydrogen) atoms. The fourth-order valence-electron chi connectivity index (χ4n) is 2.54. The van der Waals surface area contributed by atoms with Gasteiger partial charge in [0.25, 0.3) is 0 Å². The predicted molar refractivity (Wildman–Crippen MR) is 103 cm³/mol. The number of likely N-dealkylation sites (tertiary alicyclic amines) is 1. The highest BCUT2D eigenvalue weighted by Crippen LogP contribution is 2.16. The summed E-state index contributed by atoms with van der Waals surface area (Å²) in [7, 11) is 1.69. The first kappa shape index (κ1) is 19.1. The molecule has 0 bridgehead atoms. The molecule has 124 valence electrons. The van der Waals surface area contributed by atoms with Crippen LogP contribution in [0, 0.1) is 5.92 Å². The van der Waals surface area contributed by atoms with Crippen LogP contribution in [-0.2, 0) is 6.54 Å². The zero-order valence-corrected chi connectivity index (χ0v) is 16.2. The van der Waals surface area contributed by atoms with E-state index in [-0.39, 0.29) is 24.0 Å². The number of aliphatic imine (C=N–C) groups is 1. The van der Waals surface area contributed by atoms with Gasteiger partial charge in [-0.3, -0.25) is 0 Å². The van der Waals surface area contributed by atoms with E-state index >= 15 is 0 Å². The largest absolute Gasteiger partial charge is 0.497 e. The van der Waals surface area contributed by atoms with Gasteiger partial charge in [-0.2, -0.15) is 0 Å². The summed E-state index contributed by atoms with van der Waals surface area (Å²) >= 11 is 0. The lowest BCUT2D eigenvalue weighted by Crippen LogP contribution is -2.45. The van der Waals surface area contributed by atoms with Gasteiger partial charge in [-0.25, -0.2) is 4.99 Å². The zero-order valence-electron chi connectivity index (χ0n) is 13.8. The highest BCUT2D eigenvalue weighted by atomic mass is 127. The lowest BCUT2D eigenvalue weighted by atomic mass is 10.00. The van der Waals surface area contributed by atoms with Gasteiger partial charge in [-0.1, -0.05) is 19.1 Å². The Kier molecular flexibility index (Phi) is 8.60. The lowest BCUT2D eigenvalue weighted by molar-refractivity contribution is 0.273. The molecule has 0 aliphatic carbocycles. The lowest BCUT2D eigenvalue weighted by Gasteiger charge is -2.33. The van der Waals surface area contributed by atoms with Crippen LogP contribution in [0.2, 0.25) is 0 Å². The number of halogens is 1. The van der Waals surface area contributed by atoms with Crippen LogP contribution in [0.1, 0.15) is 32.3 Å². The van der Waals surface area contributed by atoms with Crippen molar-refractivity contribution in [1.29, 1.82) is 0 Å². The number of ether oxygens (including phenoxy) is 1. The van der Waals surface area contributed by atoms with Crippen molar-refractivity contribution in [2.24, 2.45) is 10.9 Å². The smallest absolute Gasteiger partial charge is 0.194 e. The van der Waals surface area contributed by atoms with Crippen LogP contribution < -0.4 is 10.1 Å². The molecule has 1 aromatic rings. The van der Waals surface area contributed by atoms with Gasteiger partial charge in [-0.05, 0) is 43.4 Å². The molecule has 5 heteroatoms. The number of piperidine rings is 1. The Morgan fingerprint density at radius 2 is 1.91 bits per heavy atom. The Morgan fingerprint density at radius 3 is 2.45 bits per heavy atom. The van der Waals surface area contributed by atoms with Crippen molar-refractivity contribution in [1.82, 2.24) is 10.2 Å². The number of nitrogens with one attached hydrogen (secondary N) is 1. The molecule has 1 aromatic carbocycles. The minimum Gasteiger partial charge on any atom is -0.497 e. The van der Waals surface area contributed by atoms with Gasteiger partial charge >= 0.3 is 0 Å². The summed E-state index contributed by atoms with van der Waals surface area (Å²) < 4.78 is 5.18. The Morgan fingerprint density at radius 1 is 1.27 bits per heavy atom. The van der Waals surface area contributed by atoms with Crippen LogP contribution in [0.4, 0.5) is 0 Å². The van der Waals surface area contributed by atoms with Crippen molar-refractivity contribution < 1.29 is 4.74 Å². The van der Waals surface area contributed by atoms with E-state index in [2.05, 4.69) is 36.2 Å². The van der Waals surface area contributed by atoms with Crippen LogP contribution in [0.3, 0.4) is 0 Å². The molecular weight excluding hydrogens is 389 g/mol. The van der Waals surface area contributed by atoms with Crippen molar-refractivity contribution in [3.05, 3.63) is 29.8 Å². The second-order valence-corrected chi connectivity index (χ2v) is 5.69. The van der Waals surface area contributed by atoms with Gasteiger partial charge in [0, 0.05) is 19.6 Å². The van der Waals surface area contributed by atoms with E-state index in [1.807, 2.05) is 12.1 Å². The van der Waals surface area contributed by atoms with E-state index in [4.69, 9.17) is 9.73 Å². The van der Waals surface area contributed by atoms with Crippen LogP contribution in [0.25, 0.3) is 0 Å². The van der Waals surface area contributed by atoms with E-state index in [1.165, 1.54) is 18.4 Å². The summed E-state index contributed by atoms with van der Waals surface area (Å²) in [6.07, 6.45) is 2.51. The third kappa shape index (κ3) is 5.66. The van der Waals surface area contributed by atoms with Crippen molar-refractivity contribution in [3.8, 4) is 5.75 Å². The van der Waals surface area contributed by atoms with Crippen molar-refractivity contribution in [3.63, 3.8) is 0 Å². The minimum absolute atomic E-state index is 0. The van der Waals surface area contributed by atoms with Gasteiger partial charge in [0.15, 0.2) is 5.96 Å².